The van der Waals surface area contributed by atoms with E-state index in [4.69, 9.17) is 0 Å². The summed E-state index contributed by atoms with van der Waals surface area (Å²) >= 11 is 0. The van der Waals surface area contributed by atoms with Crippen LogP contribution in [0.25, 0.3) is 0 Å². The third-order valence-electron chi connectivity index (χ3n) is 3.52. The minimum Gasteiger partial charge on any atom is -0.298 e. The molecule has 0 radical (unpaired) electrons. The van der Waals surface area contributed by atoms with Crippen molar-refractivity contribution in [1.29, 1.82) is 0 Å². The van der Waals surface area contributed by atoms with E-state index >= 15 is 0 Å². The lowest BCUT2D eigenvalue weighted by molar-refractivity contribution is -0.137. The third-order valence-corrected chi connectivity index (χ3v) is 5.27. The molecule has 0 amide bonds. The van der Waals surface area contributed by atoms with Crippen LogP contribution in [-0.2, 0) is 22.6 Å². The number of nitrogens with zero attached hydrogens (tertiary/aromatic N) is 1. The Balaban J connectivity index is 2.07. The lowest BCUT2D eigenvalue weighted by Crippen LogP contribution is -2.32. The molecule has 0 N–H and O–H groups in total. The Kier molecular flexibility index (Phi) is 4.11. The van der Waals surface area contributed by atoms with Crippen LogP contribution in [0.3, 0.4) is 0 Å². The van der Waals surface area contributed by atoms with Gasteiger partial charge in [-0.15, -0.1) is 0 Å². The Labute approximate surface area is 116 Å². The molecule has 0 aliphatic carbocycles. The lowest BCUT2D eigenvalue weighted by Gasteiger charge is -2.23. The number of halogens is 3. The van der Waals surface area contributed by atoms with E-state index in [-0.39, 0.29) is 17.5 Å². The van der Waals surface area contributed by atoms with Crippen molar-refractivity contribution in [3.8, 4) is 0 Å². The molecule has 1 unspecified atom stereocenters. The molecule has 1 atom stereocenters. The Morgan fingerprint density at radius 1 is 1.35 bits per heavy atom. The van der Waals surface area contributed by atoms with Crippen molar-refractivity contribution in [3.63, 3.8) is 0 Å². The van der Waals surface area contributed by atoms with E-state index in [0.717, 1.165) is 12.1 Å². The Bertz CT molecular complexity index is 584. The van der Waals surface area contributed by atoms with Crippen molar-refractivity contribution in [2.24, 2.45) is 0 Å². The van der Waals surface area contributed by atoms with Crippen LogP contribution < -0.4 is 0 Å². The van der Waals surface area contributed by atoms with Gasteiger partial charge in [0.2, 0.25) is 0 Å². The standard InChI is InChI=1S/C13H16F3NO2S/c1-17(12-5-6-20(18,19)9-12)8-10-3-2-4-11(7-10)13(14,15)16/h2-4,7,12H,5-6,8-9H2,1H3. The molecule has 20 heavy (non-hydrogen) atoms. The summed E-state index contributed by atoms with van der Waals surface area (Å²) in [6.45, 7) is 0.310. The average molecular weight is 307 g/mol. The highest BCUT2D eigenvalue weighted by atomic mass is 32.2. The molecule has 1 aromatic carbocycles. The summed E-state index contributed by atoms with van der Waals surface area (Å²) < 4.78 is 60.7. The second-order valence-corrected chi connectivity index (χ2v) is 7.40. The van der Waals surface area contributed by atoms with Crippen molar-refractivity contribution in [2.75, 3.05) is 18.6 Å². The highest BCUT2D eigenvalue weighted by Crippen LogP contribution is 2.30. The number of hydrogen-bond donors (Lipinski definition) is 0. The van der Waals surface area contributed by atoms with Crippen molar-refractivity contribution in [3.05, 3.63) is 35.4 Å². The van der Waals surface area contributed by atoms with Crippen molar-refractivity contribution >= 4 is 9.84 Å². The summed E-state index contributed by atoms with van der Waals surface area (Å²) in [5, 5.41) is 0. The van der Waals surface area contributed by atoms with Gasteiger partial charge in [-0.25, -0.2) is 8.42 Å². The first-order chi connectivity index (χ1) is 9.17. The number of rotatable bonds is 3. The molecular formula is C13H16F3NO2S. The minimum atomic E-state index is -4.36. The zero-order valence-electron chi connectivity index (χ0n) is 11.0. The number of benzene rings is 1. The molecular weight excluding hydrogens is 291 g/mol. The maximum Gasteiger partial charge on any atom is 0.416 e. The normalized spacial score (nSPS) is 22.4. The highest BCUT2D eigenvalue weighted by molar-refractivity contribution is 7.91. The summed E-state index contributed by atoms with van der Waals surface area (Å²) in [7, 11) is -1.24. The minimum absolute atomic E-state index is 0.0858. The van der Waals surface area contributed by atoms with Gasteiger partial charge in [0.25, 0.3) is 0 Å². The topological polar surface area (TPSA) is 37.4 Å². The van der Waals surface area contributed by atoms with Crippen LogP contribution in [0.1, 0.15) is 17.5 Å². The van der Waals surface area contributed by atoms with Gasteiger partial charge in [0.1, 0.15) is 0 Å². The molecule has 1 fully saturated rings. The summed E-state index contributed by atoms with van der Waals surface area (Å²) in [6, 6.07) is 5.02. The van der Waals surface area contributed by atoms with Crippen LogP contribution >= 0.6 is 0 Å². The fraction of sp³-hybridized carbons (Fsp3) is 0.538. The van der Waals surface area contributed by atoms with Gasteiger partial charge in [0.05, 0.1) is 17.1 Å². The van der Waals surface area contributed by atoms with Gasteiger partial charge >= 0.3 is 6.18 Å². The van der Waals surface area contributed by atoms with Crippen molar-refractivity contribution in [1.82, 2.24) is 4.90 Å². The summed E-state index contributed by atoms with van der Waals surface area (Å²) in [6.07, 6.45) is -3.82. The Morgan fingerprint density at radius 2 is 2.05 bits per heavy atom. The monoisotopic (exact) mass is 307 g/mol. The first-order valence-electron chi connectivity index (χ1n) is 6.24. The molecule has 1 saturated heterocycles. The highest BCUT2D eigenvalue weighted by Gasteiger charge is 2.32. The first kappa shape index (κ1) is 15.3. The van der Waals surface area contributed by atoms with Crippen LogP contribution in [0.4, 0.5) is 13.2 Å². The Morgan fingerprint density at radius 3 is 2.60 bits per heavy atom. The molecule has 112 valence electrons. The fourth-order valence-corrected chi connectivity index (χ4v) is 4.19. The average Bonchev–Trinajstić information content (AvgIpc) is 2.69. The quantitative estimate of drug-likeness (QED) is 0.860. The molecule has 0 aromatic heterocycles. The first-order valence-corrected chi connectivity index (χ1v) is 8.06. The van der Waals surface area contributed by atoms with Crippen molar-refractivity contribution in [2.45, 2.75) is 25.2 Å². The zero-order chi connectivity index (χ0) is 15.0. The largest absolute Gasteiger partial charge is 0.416 e. The molecule has 1 aliphatic heterocycles. The zero-order valence-corrected chi connectivity index (χ0v) is 11.8. The molecule has 1 aliphatic rings. The second kappa shape index (κ2) is 5.37. The van der Waals surface area contributed by atoms with Gasteiger partial charge < -0.3 is 0 Å². The van der Waals surface area contributed by atoms with E-state index in [0.29, 0.717) is 18.5 Å². The van der Waals surface area contributed by atoms with Gasteiger partial charge in [-0.1, -0.05) is 18.2 Å². The Hall–Kier alpha value is -1.08. The van der Waals surface area contributed by atoms with E-state index in [9.17, 15) is 21.6 Å². The lowest BCUT2D eigenvalue weighted by atomic mass is 10.1. The summed E-state index contributed by atoms with van der Waals surface area (Å²) in [4.78, 5) is 1.81. The summed E-state index contributed by atoms with van der Waals surface area (Å²) in [5.74, 6) is 0.243. The number of alkyl halides is 3. The molecule has 1 aromatic rings. The smallest absolute Gasteiger partial charge is 0.298 e. The predicted octanol–water partition coefficient (Wildman–Crippen LogP) is 2.32. The van der Waals surface area contributed by atoms with Crippen LogP contribution in [0.2, 0.25) is 0 Å². The molecule has 3 nitrogen and oxygen atoms in total. The predicted molar refractivity (Wildman–Crippen MR) is 70.0 cm³/mol. The van der Waals surface area contributed by atoms with Crippen LogP contribution in [0.5, 0.6) is 0 Å². The van der Waals surface area contributed by atoms with E-state index in [1.54, 1.807) is 18.0 Å². The molecule has 2 rings (SSSR count). The molecule has 1 heterocycles. The molecule has 7 heteroatoms. The molecule has 0 spiro atoms. The molecule has 0 saturated carbocycles. The third kappa shape index (κ3) is 3.73. The van der Waals surface area contributed by atoms with E-state index in [2.05, 4.69) is 0 Å². The molecule has 0 bridgehead atoms. The second-order valence-electron chi connectivity index (χ2n) is 5.17. The van der Waals surface area contributed by atoms with Crippen LogP contribution in [0.15, 0.2) is 24.3 Å². The number of sulfone groups is 1. The maximum atomic E-state index is 12.6. The fourth-order valence-electron chi connectivity index (χ4n) is 2.39. The van der Waals surface area contributed by atoms with Gasteiger partial charge in [-0.05, 0) is 25.1 Å². The van der Waals surface area contributed by atoms with Gasteiger partial charge in [0.15, 0.2) is 9.84 Å². The SMILES string of the molecule is CN(Cc1cccc(C(F)(F)F)c1)C1CCS(=O)(=O)C1. The summed E-state index contributed by atoms with van der Waals surface area (Å²) in [5.41, 5.74) is -0.144. The van der Waals surface area contributed by atoms with Gasteiger partial charge in [-0.3, -0.25) is 4.90 Å². The van der Waals surface area contributed by atoms with E-state index in [1.165, 1.54) is 6.07 Å². The van der Waals surface area contributed by atoms with Gasteiger partial charge in [0, 0.05) is 12.6 Å². The van der Waals surface area contributed by atoms with Crippen LogP contribution in [-0.4, -0.2) is 37.9 Å². The van der Waals surface area contributed by atoms with E-state index < -0.39 is 21.6 Å². The maximum absolute atomic E-state index is 12.6. The van der Waals surface area contributed by atoms with Gasteiger partial charge in [-0.2, -0.15) is 13.2 Å². The van der Waals surface area contributed by atoms with Crippen LogP contribution in [0, 0.1) is 0 Å². The van der Waals surface area contributed by atoms with Crippen molar-refractivity contribution < 1.29 is 21.6 Å². The number of hydrogen-bond acceptors (Lipinski definition) is 3. The van der Waals surface area contributed by atoms with E-state index in [1.807, 2.05) is 0 Å².